The first-order chi connectivity index (χ1) is 14.1. The molecule has 150 valence electrons. The van der Waals surface area contributed by atoms with Crippen molar-refractivity contribution < 1.29 is 0 Å². The number of nitrogens with zero attached hydrogens (tertiary/aromatic N) is 3. The largest absolute Gasteiger partial charge is 0.352 e. The van der Waals surface area contributed by atoms with E-state index in [2.05, 4.69) is 83.0 Å². The molecule has 0 amide bonds. The van der Waals surface area contributed by atoms with E-state index < -0.39 is 0 Å². The number of rotatable bonds is 6. The van der Waals surface area contributed by atoms with Crippen LogP contribution in [-0.4, -0.2) is 26.1 Å². The van der Waals surface area contributed by atoms with Gasteiger partial charge < -0.3 is 14.8 Å². The monoisotopic (exact) mass is 404 g/mol. The van der Waals surface area contributed by atoms with Gasteiger partial charge in [0.25, 0.3) is 0 Å². The van der Waals surface area contributed by atoms with Gasteiger partial charge in [0.2, 0.25) is 0 Å². The summed E-state index contributed by atoms with van der Waals surface area (Å²) in [6.45, 7) is 7.56. The van der Waals surface area contributed by atoms with Crippen LogP contribution < -0.4 is 5.32 Å². The van der Waals surface area contributed by atoms with E-state index in [1.54, 1.807) is 0 Å². The topological polar surface area (TPSA) is 33.1 Å². The van der Waals surface area contributed by atoms with E-state index in [1.165, 1.54) is 22.6 Å². The number of pyridine rings is 1. The third kappa shape index (κ3) is 3.67. The van der Waals surface area contributed by atoms with Crippen LogP contribution in [0.25, 0.3) is 5.69 Å². The van der Waals surface area contributed by atoms with Crippen LogP contribution in [0.5, 0.6) is 0 Å². The lowest BCUT2D eigenvalue weighted by molar-refractivity contribution is 0.312. The van der Waals surface area contributed by atoms with Gasteiger partial charge in [-0.1, -0.05) is 37.6 Å². The van der Waals surface area contributed by atoms with Gasteiger partial charge in [-0.15, -0.1) is 0 Å². The molecule has 0 saturated carbocycles. The number of unbranched alkanes of at least 4 members (excludes halogenated alkanes) is 1. The number of aryl methyl sites for hydroxylation is 1. The number of benzene rings is 1. The Hall–Kier alpha value is -2.66. The molecular formula is C24H28N4S. The zero-order chi connectivity index (χ0) is 20.4. The second-order valence-corrected chi connectivity index (χ2v) is 8.06. The molecule has 1 N–H and O–H groups in total. The Morgan fingerprint density at radius 3 is 2.52 bits per heavy atom. The van der Waals surface area contributed by atoms with Crippen molar-refractivity contribution in [3.63, 3.8) is 0 Å². The summed E-state index contributed by atoms with van der Waals surface area (Å²) >= 11 is 5.76. The molecule has 0 bridgehead atoms. The van der Waals surface area contributed by atoms with Gasteiger partial charge in [-0.3, -0.25) is 4.98 Å². The first kappa shape index (κ1) is 19.6. The number of aromatic nitrogens is 2. The van der Waals surface area contributed by atoms with E-state index in [0.717, 1.165) is 30.2 Å². The van der Waals surface area contributed by atoms with Crippen molar-refractivity contribution in [3.05, 3.63) is 83.4 Å². The van der Waals surface area contributed by atoms with Gasteiger partial charge in [0.1, 0.15) is 0 Å². The zero-order valence-corrected chi connectivity index (χ0v) is 18.1. The van der Waals surface area contributed by atoms with E-state index in [9.17, 15) is 0 Å². The van der Waals surface area contributed by atoms with Crippen LogP contribution >= 0.6 is 12.2 Å². The van der Waals surface area contributed by atoms with Crippen LogP contribution in [0.15, 0.2) is 60.8 Å². The Kier molecular flexibility index (Phi) is 5.67. The number of para-hydroxylation sites is 1. The summed E-state index contributed by atoms with van der Waals surface area (Å²) < 4.78 is 2.34. The van der Waals surface area contributed by atoms with Crippen molar-refractivity contribution in [2.45, 2.75) is 45.7 Å². The second-order valence-electron chi connectivity index (χ2n) is 7.67. The average molecular weight is 405 g/mol. The predicted molar refractivity (Wildman–Crippen MR) is 122 cm³/mol. The van der Waals surface area contributed by atoms with Gasteiger partial charge in [0.05, 0.1) is 17.8 Å². The maximum atomic E-state index is 5.76. The SMILES string of the molecule is CCCCN1C(=S)NC(c2ccccn2)C1c1cc(C)n(-c2ccccc2)c1C. The summed E-state index contributed by atoms with van der Waals surface area (Å²) in [5.74, 6) is 0. The van der Waals surface area contributed by atoms with Gasteiger partial charge in [0.15, 0.2) is 5.11 Å². The third-order valence-electron chi connectivity index (χ3n) is 5.75. The maximum Gasteiger partial charge on any atom is 0.170 e. The smallest absolute Gasteiger partial charge is 0.170 e. The third-order valence-corrected chi connectivity index (χ3v) is 6.11. The fraction of sp³-hybridized carbons (Fsp3) is 0.333. The van der Waals surface area contributed by atoms with Crippen molar-refractivity contribution in [2.75, 3.05) is 6.54 Å². The van der Waals surface area contributed by atoms with Crippen molar-refractivity contribution >= 4 is 17.3 Å². The van der Waals surface area contributed by atoms with Crippen LogP contribution in [0.4, 0.5) is 0 Å². The number of hydrogen-bond acceptors (Lipinski definition) is 2. The van der Waals surface area contributed by atoms with Crippen molar-refractivity contribution in [1.82, 2.24) is 19.8 Å². The molecule has 2 atom stereocenters. The Morgan fingerprint density at radius 1 is 1.07 bits per heavy atom. The van der Waals surface area contributed by atoms with Crippen LogP contribution in [0, 0.1) is 13.8 Å². The molecule has 1 aliphatic heterocycles. The molecule has 0 aliphatic carbocycles. The molecular weight excluding hydrogens is 376 g/mol. The average Bonchev–Trinajstić information content (AvgIpc) is 3.23. The summed E-state index contributed by atoms with van der Waals surface area (Å²) in [6, 6.07) is 19.1. The minimum Gasteiger partial charge on any atom is -0.352 e. The van der Waals surface area contributed by atoms with Crippen molar-refractivity contribution in [3.8, 4) is 5.69 Å². The van der Waals surface area contributed by atoms with E-state index in [0.29, 0.717) is 0 Å². The molecule has 2 aromatic heterocycles. The lowest BCUT2D eigenvalue weighted by Gasteiger charge is -2.28. The molecule has 1 fully saturated rings. The van der Waals surface area contributed by atoms with Crippen molar-refractivity contribution in [1.29, 1.82) is 0 Å². The summed E-state index contributed by atoms with van der Waals surface area (Å²) in [4.78, 5) is 7.00. The first-order valence-electron chi connectivity index (χ1n) is 10.3. The second kappa shape index (κ2) is 8.37. The molecule has 2 unspecified atom stereocenters. The highest BCUT2D eigenvalue weighted by atomic mass is 32.1. The van der Waals surface area contributed by atoms with Gasteiger partial charge in [-0.25, -0.2) is 0 Å². The molecule has 4 nitrogen and oxygen atoms in total. The Morgan fingerprint density at radius 2 is 1.83 bits per heavy atom. The van der Waals surface area contributed by atoms with E-state index >= 15 is 0 Å². The van der Waals surface area contributed by atoms with Crippen LogP contribution in [0.1, 0.15) is 54.5 Å². The highest BCUT2D eigenvalue weighted by molar-refractivity contribution is 7.80. The van der Waals surface area contributed by atoms with Crippen LogP contribution in [0.2, 0.25) is 0 Å². The van der Waals surface area contributed by atoms with Gasteiger partial charge >= 0.3 is 0 Å². The Balaban J connectivity index is 1.81. The first-order valence-corrected chi connectivity index (χ1v) is 10.7. The summed E-state index contributed by atoms with van der Waals surface area (Å²) in [5.41, 5.74) is 6.02. The van der Waals surface area contributed by atoms with Gasteiger partial charge in [-0.05, 0) is 68.4 Å². The normalized spacial score (nSPS) is 18.9. The maximum absolute atomic E-state index is 5.76. The fourth-order valence-electron chi connectivity index (χ4n) is 4.37. The molecule has 4 rings (SSSR count). The summed E-state index contributed by atoms with van der Waals surface area (Å²) in [7, 11) is 0. The quantitative estimate of drug-likeness (QED) is 0.568. The molecule has 3 heterocycles. The fourth-order valence-corrected chi connectivity index (χ4v) is 4.71. The highest BCUT2D eigenvalue weighted by Crippen LogP contribution is 2.41. The molecule has 3 aromatic rings. The standard InChI is InChI=1S/C24H28N4S/c1-4-5-15-27-23(22(26-24(27)29)21-13-9-10-14-25-21)20-16-17(2)28(18(20)3)19-11-7-6-8-12-19/h6-14,16,22-23H,4-5,15H2,1-3H3,(H,26,29). The lowest BCUT2D eigenvalue weighted by Crippen LogP contribution is -2.30. The molecule has 0 spiro atoms. The number of nitrogens with one attached hydrogen (secondary N) is 1. The molecule has 29 heavy (non-hydrogen) atoms. The van der Waals surface area contributed by atoms with Crippen LogP contribution in [-0.2, 0) is 0 Å². The molecule has 5 heteroatoms. The summed E-state index contributed by atoms with van der Waals surface area (Å²) in [6.07, 6.45) is 4.12. The Labute approximate surface area is 178 Å². The minimum absolute atomic E-state index is 0.0466. The lowest BCUT2D eigenvalue weighted by atomic mass is 9.96. The van der Waals surface area contributed by atoms with E-state index in [1.807, 2.05) is 18.3 Å². The van der Waals surface area contributed by atoms with E-state index in [-0.39, 0.29) is 12.1 Å². The molecule has 0 radical (unpaired) electrons. The number of thiocarbonyl (C=S) groups is 1. The zero-order valence-electron chi connectivity index (χ0n) is 17.3. The minimum atomic E-state index is 0.0466. The van der Waals surface area contributed by atoms with Gasteiger partial charge in [-0.2, -0.15) is 0 Å². The number of hydrogen-bond donors (Lipinski definition) is 1. The van der Waals surface area contributed by atoms with Crippen molar-refractivity contribution in [2.24, 2.45) is 0 Å². The van der Waals surface area contributed by atoms with Gasteiger partial charge in [0, 0.05) is 29.8 Å². The summed E-state index contributed by atoms with van der Waals surface area (Å²) in [5, 5.41) is 4.38. The highest BCUT2D eigenvalue weighted by Gasteiger charge is 2.41. The molecule has 1 saturated heterocycles. The molecule has 1 aliphatic rings. The molecule has 1 aromatic carbocycles. The van der Waals surface area contributed by atoms with Crippen LogP contribution in [0.3, 0.4) is 0 Å². The van der Waals surface area contributed by atoms with E-state index in [4.69, 9.17) is 12.2 Å². The predicted octanol–water partition coefficient (Wildman–Crippen LogP) is 5.26. The Bertz CT molecular complexity index is 981.